The SMILES string of the molecule is CNc1nc2cc(OCCCN3CCCC3)c(OC)cc2c2c1CC(C)(C)C2OC=O. The molecule has 0 spiro atoms. The van der Waals surface area contributed by atoms with Gasteiger partial charge in [-0.3, -0.25) is 4.79 Å². The molecule has 0 radical (unpaired) electrons. The number of pyridine rings is 1. The third kappa shape index (κ3) is 4.15. The predicted octanol–water partition coefficient (Wildman–Crippen LogP) is 3.95. The van der Waals surface area contributed by atoms with E-state index in [9.17, 15) is 4.79 Å². The maximum absolute atomic E-state index is 11.3. The Labute approximate surface area is 184 Å². The Hall–Kier alpha value is -2.54. The van der Waals surface area contributed by atoms with Crippen molar-refractivity contribution in [1.82, 2.24) is 9.88 Å². The summed E-state index contributed by atoms with van der Waals surface area (Å²) in [6.45, 7) is 8.85. The Kier molecular flexibility index (Phi) is 6.23. The highest BCUT2D eigenvalue weighted by molar-refractivity contribution is 5.90. The molecule has 2 aliphatic rings. The molecule has 1 unspecified atom stereocenters. The van der Waals surface area contributed by atoms with Gasteiger partial charge < -0.3 is 24.4 Å². The molecule has 1 aromatic carbocycles. The van der Waals surface area contributed by atoms with Gasteiger partial charge in [-0.1, -0.05) is 13.8 Å². The summed E-state index contributed by atoms with van der Waals surface area (Å²) in [7, 11) is 3.52. The molecule has 4 rings (SSSR count). The molecule has 1 aliphatic heterocycles. The van der Waals surface area contributed by atoms with Crippen LogP contribution in [0.3, 0.4) is 0 Å². The first-order valence-corrected chi connectivity index (χ1v) is 11.1. The average Bonchev–Trinajstić information content (AvgIpc) is 3.36. The highest BCUT2D eigenvalue weighted by Crippen LogP contribution is 2.52. The summed E-state index contributed by atoms with van der Waals surface area (Å²) < 4.78 is 17.3. The number of benzene rings is 1. The second-order valence-electron chi connectivity index (χ2n) is 9.15. The Morgan fingerprint density at radius 2 is 2.03 bits per heavy atom. The number of carbonyl (C=O) groups is 1. The van der Waals surface area contributed by atoms with E-state index < -0.39 is 0 Å². The van der Waals surface area contributed by atoms with E-state index in [-0.39, 0.29) is 11.5 Å². The summed E-state index contributed by atoms with van der Waals surface area (Å²) in [5, 5.41) is 4.16. The van der Waals surface area contributed by atoms with E-state index in [2.05, 4.69) is 24.1 Å². The minimum absolute atomic E-state index is 0.219. The molecule has 0 amide bonds. The number of nitrogens with one attached hydrogen (secondary N) is 1. The van der Waals surface area contributed by atoms with Crippen molar-refractivity contribution in [1.29, 1.82) is 0 Å². The lowest BCUT2D eigenvalue weighted by molar-refractivity contribution is -0.138. The summed E-state index contributed by atoms with van der Waals surface area (Å²) in [6.07, 6.45) is 4.01. The first-order chi connectivity index (χ1) is 15.0. The number of aromatic nitrogens is 1. The summed E-state index contributed by atoms with van der Waals surface area (Å²) in [6, 6.07) is 3.91. The van der Waals surface area contributed by atoms with Crippen LogP contribution in [0.25, 0.3) is 10.9 Å². The van der Waals surface area contributed by atoms with E-state index >= 15 is 0 Å². The zero-order valence-electron chi connectivity index (χ0n) is 19.0. The van der Waals surface area contributed by atoms with Gasteiger partial charge in [-0.05, 0) is 44.8 Å². The minimum Gasteiger partial charge on any atom is -0.493 e. The van der Waals surface area contributed by atoms with Crippen LogP contribution in [0.2, 0.25) is 0 Å². The lowest BCUT2D eigenvalue weighted by atomic mass is 9.87. The van der Waals surface area contributed by atoms with Gasteiger partial charge in [0.2, 0.25) is 0 Å². The molecule has 1 saturated heterocycles. The molecule has 1 fully saturated rings. The molecule has 7 heteroatoms. The number of methoxy groups -OCH3 is 1. The molecule has 0 bridgehead atoms. The fourth-order valence-corrected chi connectivity index (χ4v) is 5.02. The Balaban J connectivity index is 1.66. The molecule has 1 N–H and O–H groups in total. The monoisotopic (exact) mass is 427 g/mol. The molecule has 1 aliphatic carbocycles. The number of rotatable bonds is 9. The van der Waals surface area contributed by atoms with E-state index in [0.29, 0.717) is 24.6 Å². The number of ether oxygens (including phenoxy) is 3. The van der Waals surface area contributed by atoms with Crippen LogP contribution in [0.15, 0.2) is 12.1 Å². The van der Waals surface area contributed by atoms with E-state index in [1.165, 1.54) is 25.9 Å². The molecule has 31 heavy (non-hydrogen) atoms. The number of likely N-dealkylation sites (tertiary alicyclic amines) is 1. The first kappa shape index (κ1) is 21.7. The fourth-order valence-electron chi connectivity index (χ4n) is 5.02. The van der Waals surface area contributed by atoms with Crippen LogP contribution in [0.5, 0.6) is 11.5 Å². The van der Waals surface area contributed by atoms with Crippen LogP contribution in [-0.2, 0) is 16.0 Å². The van der Waals surface area contributed by atoms with Crippen molar-refractivity contribution in [3.63, 3.8) is 0 Å². The van der Waals surface area contributed by atoms with Crippen LogP contribution >= 0.6 is 0 Å². The normalized spacial score (nSPS) is 19.9. The highest BCUT2D eigenvalue weighted by atomic mass is 16.5. The van der Waals surface area contributed by atoms with Gasteiger partial charge in [0.25, 0.3) is 6.47 Å². The first-order valence-electron chi connectivity index (χ1n) is 11.1. The van der Waals surface area contributed by atoms with Gasteiger partial charge in [0, 0.05) is 41.6 Å². The Morgan fingerprint density at radius 3 is 2.71 bits per heavy atom. The number of anilines is 1. The molecule has 2 heterocycles. The average molecular weight is 428 g/mol. The lowest BCUT2D eigenvalue weighted by Crippen LogP contribution is -2.22. The molecule has 2 aromatic rings. The van der Waals surface area contributed by atoms with Crippen LogP contribution in [0.4, 0.5) is 5.82 Å². The molecular weight excluding hydrogens is 394 g/mol. The van der Waals surface area contributed by atoms with E-state index in [1.807, 2.05) is 19.2 Å². The molecule has 1 atom stereocenters. The number of carbonyl (C=O) groups excluding carboxylic acids is 1. The Bertz CT molecular complexity index is 954. The molecule has 0 saturated carbocycles. The molecule has 7 nitrogen and oxygen atoms in total. The van der Waals surface area contributed by atoms with Gasteiger partial charge in [0.05, 0.1) is 19.2 Å². The summed E-state index contributed by atoms with van der Waals surface area (Å²) >= 11 is 0. The largest absolute Gasteiger partial charge is 0.493 e. The molecule has 1 aromatic heterocycles. The highest BCUT2D eigenvalue weighted by Gasteiger charge is 2.43. The number of nitrogens with zero attached hydrogens (tertiary/aromatic N) is 2. The smallest absolute Gasteiger partial charge is 0.293 e. The molecule has 168 valence electrons. The van der Waals surface area contributed by atoms with Crippen molar-refractivity contribution in [3.8, 4) is 11.5 Å². The van der Waals surface area contributed by atoms with Crippen LogP contribution in [0.1, 0.15) is 50.3 Å². The summed E-state index contributed by atoms with van der Waals surface area (Å²) in [4.78, 5) is 18.6. The number of hydrogen-bond acceptors (Lipinski definition) is 7. The standard InChI is InChI=1S/C24H33N3O4/c1-24(2)14-17-21(22(24)31-15-28)16-12-19(29-4)20(13-18(16)26-23(17)25-3)30-11-7-10-27-8-5-6-9-27/h12-13,15,22H,5-11,14H2,1-4H3,(H,25,26). The Morgan fingerprint density at radius 1 is 1.26 bits per heavy atom. The maximum Gasteiger partial charge on any atom is 0.293 e. The quantitative estimate of drug-likeness (QED) is 0.480. The van der Waals surface area contributed by atoms with E-state index in [0.717, 1.165) is 47.2 Å². The van der Waals surface area contributed by atoms with Gasteiger partial charge in [-0.2, -0.15) is 0 Å². The summed E-state index contributed by atoms with van der Waals surface area (Å²) in [5.74, 6) is 2.18. The minimum atomic E-state index is -0.338. The van der Waals surface area contributed by atoms with E-state index in [1.54, 1.807) is 7.11 Å². The van der Waals surface area contributed by atoms with Gasteiger partial charge in [-0.25, -0.2) is 4.98 Å². The lowest BCUT2D eigenvalue weighted by Gasteiger charge is -2.26. The van der Waals surface area contributed by atoms with Crippen molar-refractivity contribution in [2.45, 2.75) is 45.6 Å². The third-order valence-electron chi connectivity index (χ3n) is 6.52. The van der Waals surface area contributed by atoms with E-state index in [4.69, 9.17) is 19.2 Å². The topological polar surface area (TPSA) is 72.9 Å². The zero-order valence-corrected chi connectivity index (χ0v) is 19.0. The van der Waals surface area contributed by atoms with Crippen LogP contribution in [0, 0.1) is 5.41 Å². The number of hydrogen-bond donors (Lipinski definition) is 1. The van der Waals surface area contributed by atoms with Gasteiger partial charge >= 0.3 is 0 Å². The van der Waals surface area contributed by atoms with Crippen molar-refractivity contribution in [3.05, 3.63) is 23.3 Å². The van der Waals surface area contributed by atoms with Crippen LogP contribution in [-0.4, -0.2) is 56.8 Å². The zero-order chi connectivity index (χ0) is 22.0. The maximum atomic E-state index is 11.3. The van der Waals surface area contributed by atoms with Gasteiger partial charge in [-0.15, -0.1) is 0 Å². The van der Waals surface area contributed by atoms with Gasteiger partial charge in [0.15, 0.2) is 11.5 Å². The van der Waals surface area contributed by atoms with Crippen molar-refractivity contribution >= 4 is 23.2 Å². The van der Waals surface area contributed by atoms with Crippen molar-refractivity contribution in [2.24, 2.45) is 5.41 Å². The summed E-state index contributed by atoms with van der Waals surface area (Å²) in [5.41, 5.74) is 2.68. The predicted molar refractivity (Wildman–Crippen MR) is 121 cm³/mol. The fraction of sp³-hybridized carbons (Fsp3) is 0.583. The van der Waals surface area contributed by atoms with Crippen LogP contribution < -0.4 is 14.8 Å². The van der Waals surface area contributed by atoms with Crippen molar-refractivity contribution < 1.29 is 19.0 Å². The second-order valence-corrected chi connectivity index (χ2v) is 9.15. The third-order valence-corrected chi connectivity index (χ3v) is 6.52. The van der Waals surface area contributed by atoms with Crippen molar-refractivity contribution in [2.75, 3.05) is 45.7 Å². The second kappa shape index (κ2) is 8.91. The van der Waals surface area contributed by atoms with Gasteiger partial charge in [0.1, 0.15) is 11.9 Å². The number of fused-ring (bicyclic) bond motifs is 3. The molecular formula is C24H33N3O4.